The maximum absolute atomic E-state index is 11.1. The molecule has 0 bridgehead atoms. The van der Waals surface area contributed by atoms with E-state index in [4.69, 9.17) is 5.11 Å². The van der Waals surface area contributed by atoms with Crippen LogP contribution in [-0.4, -0.2) is 36.8 Å². The summed E-state index contributed by atoms with van der Waals surface area (Å²) in [6.07, 6.45) is 0.602. The van der Waals surface area contributed by atoms with E-state index in [-0.39, 0.29) is 0 Å². The van der Waals surface area contributed by atoms with Gasteiger partial charge < -0.3 is 15.3 Å². The fourth-order valence-corrected chi connectivity index (χ4v) is 2.14. The zero-order chi connectivity index (χ0) is 14.3. The van der Waals surface area contributed by atoms with Gasteiger partial charge in [0.15, 0.2) is 0 Å². The molecular formula is C15H24N2O2. The highest BCUT2D eigenvalue weighted by atomic mass is 16.4. The average molecular weight is 264 g/mol. The van der Waals surface area contributed by atoms with E-state index in [9.17, 15) is 4.79 Å². The number of anilines is 1. The minimum absolute atomic E-state index is 0.469. The Kier molecular flexibility index (Phi) is 6.36. The minimum atomic E-state index is -0.776. The molecule has 0 fully saturated rings. The van der Waals surface area contributed by atoms with Crippen LogP contribution in [-0.2, 0) is 4.79 Å². The summed E-state index contributed by atoms with van der Waals surface area (Å²) < 4.78 is 0. The van der Waals surface area contributed by atoms with E-state index in [2.05, 4.69) is 42.3 Å². The normalized spacial score (nSPS) is 12.2. The van der Waals surface area contributed by atoms with Gasteiger partial charge in [-0.05, 0) is 44.5 Å². The Morgan fingerprint density at radius 2 is 2.16 bits per heavy atom. The van der Waals surface area contributed by atoms with E-state index in [0.29, 0.717) is 13.0 Å². The second-order valence-electron chi connectivity index (χ2n) is 4.66. The van der Waals surface area contributed by atoms with Crippen LogP contribution in [0.3, 0.4) is 0 Å². The fourth-order valence-electron chi connectivity index (χ4n) is 2.14. The van der Waals surface area contributed by atoms with E-state index >= 15 is 0 Å². The Morgan fingerprint density at radius 3 is 2.68 bits per heavy atom. The van der Waals surface area contributed by atoms with E-state index in [1.54, 1.807) is 0 Å². The van der Waals surface area contributed by atoms with Crippen LogP contribution in [0.4, 0.5) is 5.69 Å². The minimum Gasteiger partial charge on any atom is -0.480 e. The number of hydrogen-bond donors (Lipinski definition) is 2. The van der Waals surface area contributed by atoms with Crippen molar-refractivity contribution < 1.29 is 9.90 Å². The van der Waals surface area contributed by atoms with Crippen LogP contribution in [0.2, 0.25) is 0 Å². The molecule has 0 aliphatic carbocycles. The number of rotatable bonds is 8. The third-order valence-corrected chi connectivity index (χ3v) is 3.18. The fraction of sp³-hybridized carbons (Fsp3) is 0.533. The van der Waals surface area contributed by atoms with Crippen molar-refractivity contribution >= 4 is 11.7 Å². The summed E-state index contributed by atoms with van der Waals surface area (Å²) in [5, 5.41) is 12.1. The quantitative estimate of drug-likeness (QED) is 0.756. The van der Waals surface area contributed by atoms with Crippen molar-refractivity contribution in [2.45, 2.75) is 33.2 Å². The smallest absolute Gasteiger partial charge is 0.320 e. The van der Waals surface area contributed by atoms with Crippen LogP contribution in [0.15, 0.2) is 24.3 Å². The first-order valence-electron chi connectivity index (χ1n) is 6.86. The number of likely N-dealkylation sites (N-methyl/N-ethyl adjacent to an activating group) is 1. The van der Waals surface area contributed by atoms with Crippen molar-refractivity contribution in [2.24, 2.45) is 0 Å². The Hall–Kier alpha value is -1.55. The number of aryl methyl sites for hydroxylation is 1. The summed E-state index contributed by atoms with van der Waals surface area (Å²) in [5.41, 5.74) is 2.38. The summed E-state index contributed by atoms with van der Waals surface area (Å²) in [5.74, 6) is -0.776. The monoisotopic (exact) mass is 264 g/mol. The van der Waals surface area contributed by atoms with Gasteiger partial charge in [0.25, 0.3) is 0 Å². The highest BCUT2D eigenvalue weighted by Gasteiger charge is 2.17. The molecule has 0 aliphatic rings. The summed E-state index contributed by atoms with van der Waals surface area (Å²) >= 11 is 0. The number of benzene rings is 1. The van der Waals surface area contributed by atoms with Crippen molar-refractivity contribution in [3.63, 3.8) is 0 Å². The molecule has 106 valence electrons. The third-order valence-electron chi connectivity index (χ3n) is 3.18. The molecule has 0 aromatic heterocycles. The first-order chi connectivity index (χ1) is 9.08. The van der Waals surface area contributed by atoms with E-state index in [1.807, 2.05) is 13.0 Å². The van der Waals surface area contributed by atoms with E-state index in [0.717, 1.165) is 18.8 Å². The van der Waals surface area contributed by atoms with Crippen LogP contribution < -0.4 is 10.2 Å². The zero-order valence-corrected chi connectivity index (χ0v) is 12.0. The molecule has 0 heterocycles. The zero-order valence-electron chi connectivity index (χ0n) is 12.0. The maximum atomic E-state index is 11.1. The molecule has 19 heavy (non-hydrogen) atoms. The summed E-state index contributed by atoms with van der Waals surface area (Å²) in [4.78, 5) is 13.3. The van der Waals surface area contributed by atoms with E-state index < -0.39 is 12.0 Å². The van der Waals surface area contributed by atoms with Gasteiger partial charge in [0, 0.05) is 18.8 Å². The lowest BCUT2D eigenvalue weighted by atomic mass is 10.1. The Bertz CT molecular complexity index is 407. The number of carbonyl (C=O) groups is 1. The molecule has 1 unspecified atom stereocenters. The molecule has 0 aliphatic heterocycles. The highest BCUT2D eigenvalue weighted by Crippen LogP contribution is 2.16. The number of aliphatic carboxylic acids is 1. The maximum Gasteiger partial charge on any atom is 0.320 e. The van der Waals surface area contributed by atoms with Crippen molar-refractivity contribution in [1.29, 1.82) is 0 Å². The molecular weight excluding hydrogens is 240 g/mol. The first-order valence-corrected chi connectivity index (χ1v) is 6.86. The van der Waals surface area contributed by atoms with Crippen molar-refractivity contribution in [3.8, 4) is 0 Å². The Morgan fingerprint density at radius 1 is 1.42 bits per heavy atom. The standard InChI is InChI=1S/C15H24N2O2/c1-4-16-14(15(18)19)9-10-17(5-2)13-8-6-7-12(3)11-13/h6-8,11,14,16H,4-5,9-10H2,1-3H3,(H,18,19). The van der Waals surface area contributed by atoms with Crippen LogP contribution in [0.5, 0.6) is 0 Å². The number of hydrogen-bond acceptors (Lipinski definition) is 3. The van der Waals surface area contributed by atoms with Crippen molar-refractivity contribution in [3.05, 3.63) is 29.8 Å². The van der Waals surface area contributed by atoms with E-state index in [1.165, 1.54) is 5.56 Å². The van der Waals surface area contributed by atoms with Crippen molar-refractivity contribution in [2.75, 3.05) is 24.5 Å². The molecule has 2 N–H and O–H groups in total. The van der Waals surface area contributed by atoms with Gasteiger partial charge in [0.1, 0.15) is 6.04 Å². The molecule has 1 aromatic rings. The second-order valence-corrected chi connectivity index (χ2v) is 4.66. The molecule has 1 aromatic carbocycles. The SMILES string of the molecule is CCNC(CCN(CC)c1cccc(C)c1)C(=O)O. The van der Waals surface area contributed by atoms with Crippen LogP contribution in [0.1, 0.15) is 25.8 Å². The van der Waals surface area contributed by atoms with Gasteiger partial charge in [-0.1, -0.05) is 19.1 Å². The van der Waals surface area contributed by atoms with Gasteiger partial charge in [-0.25, -0.2) is 0 Å². The molecule has 0 saturated heterocycles. The van der Waals surface area contributed by atoms with Gasteiger partial charge in [0.05, 0.1) is 0 Å². The predicted molar refractivity (Wildman–Crippen MR) is 78.8 cm³/mol. The summed E-state index contributed by atoms with van der Waals surface area (Å²) in [6.45, 7) is 8.37. The molecule has 4 nitrogen and oxygen atoms in total. The van der Waals surface area contributed by atoms with Crippen LogP contribution >= 0.6 is 0 Å². The summed E-state index contributed by atoms with van der Waals surface area (Å²) in [6, 6.07) is 7.83. The van der Waals surface area contributed by atoms with Gasteiger partial charge in [-0.2, -0.15) is 0 Å². The molecule has 0 saturated carbocycles. The lowest BCUT2D eigenvalue weighted by Gasteiger charge is -2.25. The largest absolute Gasteiger partial charge is 0.480 e. The average Bonchev–Trinajstić information content (AvgIpc) is 2.38. The Balaban J connectivity index is 2.64. The lowest BCUT2D eigenvalue weighted by molar-refractivity contribution is -0.139. The predicted octanol–water partition coefficient (Wildman–Crippen LogP) is 2.27. The highest BCUT2D eigenvalue weighted by molar-refractivity contribution is 5.73. The topological polar surface area (TPSA) is 52.6 Å². The molecule has 0 amide bonds. The molecule has 0 radical (unpaired) electrons. The van der Waals surface area contributed by atoms with Gasteiger partial charge in [-0.15, -0.1) is 0 Å². The third kappa shape index (κ3) is 4.91. The second kappa shape index (κ2) is 7.79. The lowest BCUT2D eigenvalue weighted by Crippen LogP contribution is -2.39. The van der Waals surface area contributed by atoms with Crippen molar-refractivity contribution in [1.82, 2.24) is 5.32 Å². The molecule has 1 rings (SSSR count). The van der Waals surface area contributed by atoms with Gasteiger partial charge >= 0.3 is 5.97 Å². The molecule has 4 heteroatoms. The Labute approximate surface area is 115 Å². The first kappa shape index (κ1) is 15.5. The molecule has 1 atom stereocenters. The number of nitrogens with one attached hydrogen (secondary N) is 1. The number of nitrogens with zero attached hydrogens (tertiary/aromatic N) is 1. The molecule has 0 spiro atoms. The van der Waals surface area contributed by atoms with Crippen LogP contribution in [0.25, 0.3) is 0 Å². The van der Waals surface area contributed by atoms with Gasteiger partial charge in [0.2, 0.25) is 0 Å². The van der Waals surface area contributed by atoms with Gasteiger partial charge in [-0.3, -0.25) is 4.79 Å². The van der Waals surface area contributed by atoms with Crippen LogP contribution in [0, 0.1) is 6.92 Å². The number of carboxylic acid groups (broad SMARTS) is 1. The number of carboxylic acids is 1. The summed E-state index contributed by atoms with van der Waals surface area (Å²) in [7, 11) is 0.